The third kappa shape index (κ3) is 3.41. The van der Waals surface area contributed by atoms with Crippen LogP contribution in [0.15, 0.2) is 24.3 Å². The van der Waals surface area contributed by atoms with Crippen molar-refractivity contribution in [3.8, 4) is 5.75 Å². The van der Waals surface area contributed by atoms with E-state index >= 15 is 0 Å². The molecule has 0 bridgehead atoms. The van der Waals surface area contributed by atoms with E-state index in [-0.39, 0.29) is 0 Å². The monoisotopic (exact) mass is 280 g/mol. The number of piperidine rings is 1. The van der Waals surface area contributed by atoms with Crippen molar-refractivity contribution in [1.82, 2.24) is 10.2 Å². The quantitative estimate of drug-likeness (QED) is 0.917. The fourth-order valence-corrected chi connectivity index (χ4v) is 3.09. The van der Waals surface area contributed by atoms with Crippen LogP contribution in [-0.4, -0.2) is 43.7 Å². The number of hydrogen-bond acceptors (Lipinski definition) is 3. The first-order valence-electron chi connectivity index (χ1n) is 7.15. The maximum absolute atomic E-state index is 6.09. The molecule has 1 N–H and O–H groups in total. The van der Waals surface area contributed by atoms with Crippen molar-refractivity contribution in [3.05, 3.63) is 29.3 Å². The van der Waals surface area contributed by atoms with Crippen molar-refractivity contribution in [2.75, 3.05) is 32.7 Å². The van der Waals surface area contributed by atoms with Crippen molar-refractivity contribution in [2.45, 2.75) is 18.9 Å². The van der Waals surface area contributed by atoms with E-state index in [9.17, 15) is 0 Å². The molecular formula is C15H21ClN2O. The SMILES string of the molecule is Clc1ccccc1OC1CN(CC2CCCNC2)C1. The van der Waals surface area contributed by atoms with Crippen molar-refractivity contribution in [2.24, 2.45) is 5.92 Å². The standard InChI is InChI=1S/C15H21ClN2O/c16-14-5-1-2-6-15(14)19-13-10-18(11-13)9-12-4-3-7-17-8-12/h1-2,5-6,12-13,17H,3-4,7-11H2. The molecular weight excluding hydrogens is 260 g/mol. The lowest BCUT2D eigenvalue weighted by molar-refractivity contribution is 0.00806. The van der Waals surface area contributed by atoms with Gasteiger partial charge in [-0.2, -0.15) is 0 Å². The molecule has 4 heteroatoms. The highest BCUT2D eigenvalue weighted by atomic mass is 35.5. The number of likely N-dealkylation sites (tertiary alicyclic amines) is 1. The van der Waals surface area contributed by atoms with E-state index < -0.39 is 0 Å². The molecule has 2 fully saturated rings. The Hall–Kier alpha value is -0.770. The van der Waals surface area contributed by atoms with Crippen LogP contribution in [0.1, 0.15) is 12.8 Å². The number of rotatable bonds is 4. The molecule has 19 heavy (non-hydrogen) atoms. The summed E-state index contributed by atoms with van der Waals surface area (Å²) in [6.45, 7) is 5.63. The van der Waals surface area contributed by atoms with Crippen LogP contribution >= 0.6 is 11.6 Å². The van der Waals surface area contributed by atoms with Crippen LogP contribution in [0, 0.1) is 5.92 Å². The molecule has 3 rings (SSSR count). The van der Waals surface area contributed by atoms with Crippen LogP contribution in [0.5, 0.6) is 5.75 Å². The highest BCUT2D eigenvalue weighted by Crippen LogP contribution is 2.27. The maximum Gasteiger partial charge on any atom is 0.138 e. The number of nitrogens with one attached hydrogen (secondary N) is 1. The highest BCUT2D eigenvalue weighted by Gasteiger charge is 2.30. The molecule has 0 aromatic heterocycles. The van der Waals surface area contributed by atoms with E-state index in [1.807, 2.05) is 24.3 Å². The van der Waals surface area contributed by atoms with Gasteiger partial charge in [0.1, 0.15) is 11.9 Å². The molecule has 0 amide bonds. The number of hydrogen-bond donors (Lipinski definition) is 1. The van der Waals surface area contributed by atoms with Gasteiger partial charge in [0.2, 0.25) is 0 Å². The summed E-state index contributed by atoms with van der Waals surface area (Å²) in [6.07, 6.45) is 2.98. The van der Waals surface area contributed by atoms with Gasteiger partial charge in [-0.05, 0) is 44.0 Å². The van der Waals surface area contributed by atoms with Gasteiger partial charge in [0.15, 0.2) is 0 Å². The zero-order chi connectivity index (χ0) is 13.1. The molecule has 1 unspecified atom stereocenters. The summed E-state index contributed by atoms with van der Waals surface area (Å²) >= 11 is 6.09. The summed E-state index contributed by atoms with van der Waals surface area (Å²) in [5.41, 5.74) is 0. The molecule has 104 valence electrons. The first kappa shape index (κ1) is 13.2. The van der Waals surface area contributed by atoms with Crippen LogP contribution in [-0.2, 0) is 0 Å². The minimum Gasteiger partial charge on any atom is -0.486 e. The second-order valence-corrected chi connectivity index (χ2v) is 6.01. The molecule has 0 aliphatic carbocycles. The van der Waals surface area contributed by atoms with Gasteiger partial charge in [-0.25, -0.2) is 0 Å². The van der Waals surface area contributed by atoms with Gasteiger partial charge in [0.25, 0.3) is 0 Å². The van der Waals surface area contributed by atoms with Gasteiger partial charge in [-0.15, -0.1) is 0 Å². The van der Waals surface area contributed by atoms with Crippen molar-refractivity contribution in [3.63, 3.8) is 0 Å². The van der Waals surface area contributed by atoms with Crippen LogP contribution in [0.3, 0.4) is 0 Å². The number of nitrogens with zero attached hydrogens (tertiary/aromatic N) is 1. The van der Waals surface area contributed by atoms with E-state index in [1.165, 1.54) is 32.5 Å². The summed E-state index contributed by atoms with van der Waals surface area (Å²) in [6, 6.07) is 7.71. The molecule has 2 saturated heterocycles. The Balaban J connectivity index is 1.41. The second kappa shape index (κ2) is 6.12. The van der Waals surface area contributed by atoms with E-state index in [2.05, 4.69) is 10.2 Å². The number of halogens is 1. The Labute approximate surface area is 119 Å². The van der Waals surface area contributed by atoms with Gasteiger partial charge in [-0.3, -0.25) is 4.90 Å². The summed E-state index contributed by atoms with van der Waals surface area (Å²) in [5.74, 6) is 1.63. The van der Waals surface area contributed by atoms with Gasteiger partial charge >= 0.3 is 0 Å². The first-order valence-corrected chi connectivity index (χ1v) is 7.53. The largest absolute Gasteiger partial charge is 0.486 e. The number of ether oxygens (including phenoxy) is 1. The predicted octanol–water partition coefficient (Wildman–Crippen LogP) is 2.40. The number of para-hydroxylation sites is 1. The molecule has 1 aromatic carbocycles. The fourth-order valence-electron chi connectivity index (χ4n) is 2.91. The summed E-state index contributed by atoms with van der Waals surface area (Å²) in [5, 5.41) is 4.18. The summed E-state index contributed by atoms with van der Waals surface area (Å²) in [7, 11) is 0. The highest BCUT2D eigenvalue weighted by molar-refractivity contribution is 6.32. The topological polar surface area (TPSA) is 24.5 Å². The Morgan fingerprint density at radius 2 is 2.16 bits per heavy atom. The van der Waals surface area contributed by atoms with Gasteiger partial charge < -0.3 is 10.1 Å². The molecule has 0 spiro atoms. The Morgan fingerprint density at radius 1 is 1.32 bits per heavy atom. The third-order valence-corrected chi connectivity index (χ3v) is 4.28. The summed E-state index contributed by atoms with van der Waals surface area (Å²) in [4.78, 5) is 2.49. The molecule has 3 nitrogen and oxygen atoms in total. The van der Waals surface area contributed by atoms with E-state index in [0.717, 1.165) is 24.8 Å². The van der Waals surface area contributed by atoms with Gasteiger partial charge in [0.05, 0.1) is 5.02 Å². The smallest absolute Gasteiger partial charge is 0.138 e. The average molecular weight is 281 g/mol. The second-order valence-electron chi connectivity index (χ2n) is 5.60. The van der Waals surface area contributed by atoms with Crippen LogP contribution in [0.2, 0.25) is 5.02 Å². The molecule has 1 atom stereocenters. The molecule has 0 radical (unpaired) electrons. The molecule has 2 aliphatic rings. The van der Waals surface area contributed by atoms with E-state index in [4.69, 9.17) is 16.3 Å². The minimum atomic E-state index is 0.302. The Morgan fingerprint density at radius 3 is 2.89 bits per heavy atom. The molecule has 2 aliphatic heterocycles. The first-order chi connectivity index (χ1) is 9.31. The van der Waals surface area contributed by atoms with Gasteiger partial charge in [-0.1, -0.05) is 23.7 Å². The number of benzene rings is 1. The Kier molecular flexibility index (Phi) is 4.26. The lowest BCUT2D eigenvalue weighted by Crippen LogP contribution is -2.56. The Bertz CT molecular complexity index is 414. The molecule has 1 aromatic rings. The average Bonchev–Trinajstić information content (AvgIpc) is 2.40. The van der Waals surface area contributed by atoms with E-state index in [1.54, 1.807) is 0 Å². The third-order valence-electron chi connectivity index (χ3n) is 3.97. The lowest BCUT2D eigenvalue weighted by atomic mass is 9.97. The van der Waals surface area contributed by atoms with Gasteiger partial charge in [0, 0.05) is 19.6 Å². The molecule has 0 saturated carbocycles. The van der Waals surface area contributed by atoms with E-state index in [0.29, 0.717) is 11.1 Å². The van der Waals surface area contributed by atoms with Crippen LogP contribution in [0.25, 0.3) is 0 Å². The van der Waals surface area contributed by atoms with Crippen molar-refractivity contribution < 1.29 is 4.74 Å². The predicted molar refractivity (Wildman–Crippen MR) is 77.9 cm³/mol. The van der Waals surface area contributed by atoms with Crippen LogP contribution in [0.4, 0.5) is 0 Å². The normalized spacial score (nSPS) is 25.0. The minimum absolute atomic E-state index is 0.302. The zero-order valence-electron chi connectivity index (χ0n) is 11.1. The molecule has 2 heterocycles. The van der Waals surface area contributed by atoms with Crippen molar-refractivity contribution >= 4 is 11.6 Å². The maximum atomic E-state index is 6.09. The van der Waals surface area contributed by atoms with Crippen molar-refractivity contribution in [1.29, 1.82) is 0 Å². The van der Waals surface area contributed by atoms with Crippen LogP contribution < -0.4 is 10.1 Å². The summed E-state index contributed by atoms with van der Waals surface area (Å²) < 4.78 is 5.91. The zero-order valence-corrected chi connectivity index (χ0v) is 11.9. The fraction of sp³-hybridized carbons (Fsp3) is 0.600. The lowest BCUT2D eigenvalue weighted by Gasteiger charge is -2.41.